The third-order valence-corrected chi connectivity index (χ3v) is 7.42. The summed E-state index contributed by atoms with van der Waals surface area (Å²) in [6.45, 7) is 2.07. The summed E-state index contributed by atoms with van der Waals surface area (Å²) in [6.07, 6.45) is 3.42. The first-order valence-electron chi connectivity index (χ1n) is 10.4. The van der Waals surface area contributed by atoms with E-state index in [0.717, 1.165) is 47.9 Å². The molecule has 0 aromatic heterocycles. The highest BCUT2D eigenvalue weighted by Gasteiger charge is 2.56. The van der Waals surface area contributed by atoms with Crippen LogP contribution in [0.25, 0.3) is 16.7 Å². The third kappa shape index (κ3) is 2.78. The first kappa shape index (κ1) is 18.6. The Morgan fingerprint density at radius 3 is 2.48 bits per heavy atom. The van der Waals surface area contributed by atoms with Crippen molar-refractivity contribution in [3.8, 4) is 11.1 Å². The second-order valence-electron chi connectivity index (χ2n) is 8.58. The Hall–Kier alpha value is -2.39. The van der Waals surface area contributed by atoms with Gasteiger partial charge in [0.25, 0.3) is 0 Å². The number of fused-ring (bicyclic) bond motifs is 2. The molecule has 0 radical (unpaired) electrons. The summed E-state index contributed by atoms with van der Waals surface area (Å²) < 4.78 is 0. The van der Waals surface area contributed by atoms with E-state index in [-0.39, 0.29) is 35.2 Å². The van der Waals surface area contributed by atoms with Gasteiger partial charge in [0, 0.05) is 28.5 Å². The van der Waals surface area contributed by atoms with Gasteiger partial charge >= 0.3 is 0 Å². The number of aliphatic hydroxyl groups excluding tert-OH is 1. The fourth-order valence-electron chi connectivity index (χ4n) is 5.76. The molecule has 2 unspecified atom stereocenters. The molecular formula is C25H24ClNO2. The van der Waals surface area contributed by atoms with Crippen molar-refractivity contribution in [1.29, 1.82) is 5.41 Å². The maximum absolute atomic E-state index is 13.5. The normalized spacial score (nSPS) is 28.2. The molecule has 2 aromatic carbocycles. The summed E-state index contributed by atoms with van der Waals surface area (Å²) in [7, 11) is 0. The Kier molecular flexibility index (Phi) is 4.40. The maximum atomic E-state index is 13.5. The topological polar surface area (TPSA) is 61.1 Å². The molecule has 4 aliphatic rings. The van der Waals surface area contributed by atoms with E-state index < -0.39 is 0 Å². The average molecular weight is 406 g/mol. The number of benzene rings is 2. The number of hydrogen-bond donors (Lipinski definition) is 2. The van der Waals surface area contributed by atoms with E-state index in [1.165, 1.54) is 0 Å². The second kappa shape index (κ2) is 6.84. The Morgan fingerprint density at radius 2 is 1.79 bits per heavy atom. The number of allylic oxidation sites excluding steroid dienone is 2. The number of aliphatic hydroxyl groups is 1. The lowest BCUT2D eigenvalue weighted by Crippen LogP contribution is -2.46. The average Bonchev–Trinajstić information content (AvgIpc) is 3.00. The molecule has 4 aliphatic carbocycles. The van der Waals surface area contributed by atoms with E-state index in [0.29, 0.717) is 16.3 Å². The van der Waals surface area contributed by atoms with E-state index in [1.807, 2.05) is 30.3 Å². The van der Waals surface area contributed by atoms with Crippen LogP contribution in [-0.4, -0.2) is 16.6 Å². The molecule has 2 bridgehead atoms. The van der Waals surface area contributed by atoms with Crippen LogP contribution in [-0.2, 0) is 11.2 Å². The van der Waals surface area contributed by atoms with Gasteiger partial charge in [0.1, 0.15) is 5.76 Å². The molecule has 4 heteroatoms. The molecule has 3 fully saturated rings. The molecule has 0 heterocycles. The highest BCUT2D eigenvalue weighted by molar-refractivity contribution is 6.30. The second-order valence-corrected chi connectivity index (χ2v) is 9.02. The van der Waals surface area contributed by atoms with Crippen LogP contribution in [0.1, 0.15) is 37.3 Å². The number of ketones is 1. The van der Waals surface area contributed by atoms with Gasteiger partial charge in [-0.1, -0.05) is 42.8 Å². The predicted molar refractivity (Wildman–Crippen MR) is 116 cm³/mol. The largest absolute Gasteiger partial charge is 0.511 e. The molecule has 148 valence electrons. The number of Topliss-reactive ketones (excluding diaryl/α,β-unsaturated/α-hetero) is 1. The summed E-state index contributed by atoms with van der Waals surface area (Å²) in [5, 5.41) is 20.2. The van der Waals surface area contributed by atoms with E-state index in [9.17, 15) is 9.90 Å². The molecule has 4 atom stereocenters. The lowest BCUT2D eigenvalue weighted by atomic mass is 9.58. The van der Waals surface area contributed by atoms with E-state index >= 15 is 0 Å². The summed E-state index contributed by atoms with van der Waals surface area (Å²) in [5.74, 6) is 0.188. The van der Waals surface area contributed by atoms with E-state index in [1.54, 1.807) is 0 Å². The van der Waals surface area contributed by atoms with Crippen LogP contribution >= 0.6 is 11.6 Å². The third-order valence-electron chi connectivity index (χ3n) is 7.17. The highest BCUT2D eigenvalue weighted by Crippen LogP contribution is 2.56. The van der Waals surface area contributed by atoms with Crippen LogP contribution in [0.15, 0.2) is 48.2 Å². The van der Waals surface area contributed by atoms with Gasteiger partial charge in [-0.2, -0.15) is 0 Å². The van der Waals surface area contributed by atoms with Gasteiger partial charge in [-0.05, 0) is 72.1 Å². The minimum absolute atomic E-state index is 0.00155. The number of halogens is 1. The van der Waals surface area contributed by atoms with Crippen molar-refractivity contribution < 1.29 is 9.90 Å². The van der Waals surface area contributed by atoms with Gasteiger partial charge in [0.2, 0.25) is 0 Å². The minimum atomic E-state index is -0.242. The van der Waals surface area contributed by atoms with Crippen molar-refractivity contribution in [3.05, 3.63) is 64.4 Å². The van der Waals surface area contributed by atoms with Gasteiger partial charge in [-0.15, -0.1) is 0 Å². The highest BCUT2D eigenvalue weighted by atomic mass is 35.5. The number of aryl methyl sites for hydroxylation is 1. The summed E-state index contributed by atoms with van der Waals surface area (Å²) >= 11 is 6.03. The Bertz CT molecular complexity index is 1050. The van der Waals surface area contributed by atoms with Gasteiger partial charge < -0.3 is 10.5 Å². The zero-order valence-electron chi connectivity index (χ0n) is 16.4. The zero-order chi connectivity index (χ0) is 20.3. The Morgan fingerprint density at radius 1 is 1.07 bits per heavy atom. The number of nitrogens with one attached hydrogen (secondary N) is 1. The number of carbonyl (C=O) groups is 1. The lowest BCUT2D eigenvalue weighted by Gasteiger charge is -2.45. The molecular weight excluding hydrogens is 382 g/mol. The van der Waals surface area contributed by atoms with Crippen molar-refractivity contribution in [2.45, 2.75) is 32.6 Å². The van der Waals surface area contributed by atoms with Crippen molar-refractivity contribution in [1.82, 2.24) is 0 Å². The van der Waals surface area contributed by atoms with Gasteiger partial charge in [0.05, 0.1) is 5.57 Å². The number of hydrogen-bond acceptors (Lipinski definition) is 3. The summed E-state index contributed by atoms with van der Waals surface area (Å²) in [6, 6.07) is 13.8. The molecule has 6 rings (SSSR count). The van der Waals surface area contributed by atoms with Crippen molar-refractivity contribution in [2.24, 2.45) is 23.7 Å². The SMILES string of the molecule is CCc1ccc(-c2ccc(Cl)cc2)cc1C1=C(O)[C@@H]2C(C1=O)C1CC[C@@H]2CC1=N. The molecule has 3 saturated carbocycles. The monoisotopic (exact) mass is 405 g/mol. The van der Waals surface area contributed by atoms with E-state index in [4.69, 9.17) is 17.0 Å². The standard InChI is InChI=1S/C25H24ClNO2/c1-2-13-3-4-15(14-5-8-17(26)9-6-14)11-19(13)23-24(28)21-16-7-10-18(20(27)12-16)22(21)25(23)29/h3-6,8-9,11,16,18,21-22,27-28H,2,7,10,12H2,1H3/t16-,18?,21+,22?/m1/s1. The number of carbonyl (C=O) groups excluding carboxylic acids is 1. The molecule has 3 nitrogen and oxygen atoms in total. The zero-order valence-corrected chi connectivity index (χ0v) is 17.2. The Balaban J connectivity index is 1.63. The maximum Gasteiger partial charge on any atom is 0.171 e. The van der Waals surface area contributed by atoms with E-state index in [2.05, 4.69) is 19.1 Å². The van der Waals surface area contributed by atoms with Crippen LogP contribution < -0.4 is 0 Å². The fraction of sp³-hybridized carbons (Fsp3) is 0.360. The van der Waals surface area contributed by atoms with Crippen LogP contribution in [0, 0.1) is 29.1 Å². The molecule has 0 spiro atoms. The molecule has 2 N–H and O–H groups in total. The quantitative estimate of drug-likeness (QED) is 0.647. The van der Waals surface area contributed by atoms with Crippen LogP contribution in [0.2, 0.25) is 5.02 Å². The predicted octanol–water partition coefficient (Wildman–Crippen LogP) is 6.10. The van der Waals surface area contributed by atoms with Crippen LogP contribution in [0.3, 0.4) is 0 Å². The summed E-state index contributed by atoms with van der Waals surface area (Å²) in [5.41, 5.74) is 5.16. The lowest BCUT2D eigenvalue weighted by molar-refractivity contribution is -0.120. The van der Waals surface area contributed by atoms with Crippen molar-refractivity contribution >= 4 is 28.7 Å². The first-order valence-corrected chi connectivity index (χ1v) is 10.8. The van der Waals surface area contributed by atoms with Crippen molar-refractivity contribution in [2.75, 3.05) is 0 Å². The van der Waals surface area contributed by atoms with Gasteiger partial charge in [-0.25, -0.2) is 0 Å². The van der Waals surface area contributed by atoms with Crippen LogP contribution in [0.4, 0.5) is 0 Å². The smallest absolute Gasteiger partial charge is 0.171 e. The molecule has 2 aromatic rings. The fourth-order valence-corrected chi connectivity index (χ4v) is 5.88. The van der Waals surface area contributed by atoms with Gasteiger partial charge in [-0.3, -0.25) is 4.79 Å². The van der Waals surface area contributed by atoms with Crippen molar-refractivity contribution in [3.63, 3.8) is 0 Å². The first-order chi connectivity index (χ1) is 14.0. The molecule has 0 amide bonds. The van der Waals surface area contributed by atoms with Gasteiger partial charge in [0.15, 0.2) is 5.78 Å². The molecule has 0 aliphatic heterocycles. The minimum Gasteiger partial charge on any atom is -0.511 e. The molecule has 0 saturated heterocycles. The van der Waals surface area contributed by atoms with Crippen LogP contribution in [0.5, 0.6) is 0 Å². The summed E-state index contributed by atoms with van der Waals surface area (Å²) in [4.78, 5) is 13.5. The number of rotatable bonds is 3. The Labute approximate surface area is 175 Å². The molecule has 29 heavy (non-hydrogen) atoms.